The van der Waals surface area contributed by atoms with Crippen LogP contribution >= 0.6 is 0 Å². The molecule has 0 bridgehead atoms. The third-order valence-electron chi connectivity index (χ3n) is 3.29. The van der Waals surface area contributed by atoms with Gasteiger partial charge in [-0.25, -0.2) is 8.78 Å². The number of rotatable bonds is 3. The third kappa shape index (κ3) is 2.22. The maximum atomic E-state index is 13.3. The van der Waals surface area contributed by atoms with Crippen molar-refractivity contribution in [3.05, 3.63) is 59.8 Å². The van der Waals surface area contributed by atoms with Crippen molar-refractivity contribution in [2.75, 3.05) is 5.32 Å². The Morgan fingerprint density at radius 1 is 1.15 bits per heavy atom. The highest BCUT2D eigenvalue weighted by molar-refractivity contribution is 5.90. The smallest absolute Gasteiger partial charge is 0.159 e. The number of nitrogens with one attached hydrogen (secondary N) is 2. The molecule has 0 saturated heterocycles. The van der Waals surface area contributed by atoms with Crippen LogP contribution in [0.3, 0.4) is 0 Å². The summed E-state index contributed by atoms with van der Waals surface area (Å²) in [5.41, 5.74) is 2.44. The van der Waals surface area contributed by atoms with Crippen molar-refractivity contribution >= 4 is 16.6 Å². The summed E-state index contributed by atoms with van der Waals surface area (Å²) in [6.07, 6.45) is 1.74. The molecule has 0 aliphatic carbocycles. The van der Waals surface area contributed by atoms with Crippen LogP contribution in [0.5, 0.6) is 0 Å². The molecule has 1 aromatic heterocycles. The largest absolute Gasteiger partial charge is 0.377 e. The topological polar surface area (TPSA) is 40.7 Å². The van der Waals surface area contributed by atoms with Gasteiger partial charge in [-0.3, -0.25) is 5.10 Å². The molecule has 1 unspecified atom stereocenters. The average Bonchev–Trinajstić information content (AvgIpc) is 2.91. The summed E-state index contributed by atoms with van der Waals surface area (Å²) in [7, 11) is 0. The van der Waals surface area contributed by atoms with Gasteiger partial charge in [-0.15, -0.1) is 0 Å². The molecular weight excluding hydrogens is 260 g/mol. The van der Waals surface area contributed by atoms with E-state index in [9.17, 15) is 8.78 Å². The number of hydrogen-bond acceptors (Lipinski definition) is 2. The number of halogens is 2. The Morgan fingerprint density at radius 2 is 2.00 bits per heavy atom. The Labute approximate surface area is 114 Å². The highest BCUT2D eigenvalue weighted by Gasteiger charge is 2.11. The minimum Gasteiger partial charge on any atom is -0.377 e. The van der Waals surface area contributed by atoms with Gasteiger partial charge in [0.25, 0.3) is 0 Å². The quantitative estimate of drug-likeness (QED) is 0.756. The molecule has 3 nitrogen and oxygen atoms in total. The molecule has 5 heteroatoms. The van der Waals surface area contributed by atoms with E-state index in [-0.39, 0.29) is 6.04 Å². The summed E-state index contributed by atoms with van der Waals surface area (Å²) in [4.78, 5) is 0. The van der Waals surface area contributed by atoms with Crippen LogP contribution in [0.25, 0.3) is 10.9 Å². The first-order chi connectivity index (χ1) is 9.65. The fourth-order valence-electron chi connectivity index (χ4n) is 2.19. The van der Waals surface area contributed by atoms with Gasteiger partial charge in [0.1, 0.15) is 0 Å². The van der Waals surface area contributed by atoms with E-state index in [1.807, 2.05) is 25.1 Å². The number of benzene rings is 2. The van der Waals surface area contributed by atoms with Crippen LogP contribution in [0.2, 0.25) is 0 Å². The lowest BCUT2D eigenvalue weighted by atomic mass is 10.1. The molecule has 0 aliphatic heterocycles. The second-order valence-electron chi connectivity index (χ2n) is 4.68. The van der Waals surface area contributed by atoms with Gasteiger partial charge in [-0.1, -0.05) is 18.2 Å². The molecule has 20 heavy (non-hydrogen) atoms. The van der Waals surface area contributed by atoms with Gasteiger partial charge in [-0.2, -0.15) is 5.10 Å². The molecule has 0 amide bonds. The number of aromatic nitrogens is 2. The van der Waals surface area contributed by atoms with Gasteiger partial charge in [0, 0.05) is 11.4 Å². The minimum atomic E-state index is -0.837. The molecule has 2 aromatic carbocycles. The molecule has 1 atom stereocenters. The summed E-state index contributed by atoms with van der Waals surface area (Å²) in [6.45, 7) is 1.89. The Balaban J connectivity index is 1.90. The maximum Gasteiger partial charge on any atom is 0.159 e. The fourth-order valence-corrected chi connectivity index (χ4v) is 2.19. The van der Waals surface area contributed by atoms with E-state index >= 15 is 0 Å². The zero-order valence-electron chi connectivity index (χ0n) is 10.8. The van der Waals surface area contributed by atoms with Crippen molar-refractivity contribution < 1.29 is 8.78 Å². The molecule has 3 aromatic rings. The van der Waals surface area contributed by atoms with Crippen LogP contribution in [0.1, 0.15) is 18.5 Å². The Morgan fingerprint density at radius 3 is 2.80 bits per heavy atom. The van der Waals surface area contributed by atoms with Gasteiger partial charge in [0.05, 0.1) is 17.4 Å². The Hall–Kier alpha value is -2.43. The van der Waals surface area contributed by atoms with Crippen LogP contribution in [0.15, 0.2) is 42.6 Å². The Kier molecular flexibility index (Phi) is 3.10. The third-order valence-corrected chi connectivity index (χ3v) is 3.29. The lowest BCUT2D eigenvalue weighted by Gasteiger charge is -2.16. The van der Waals surface area contributed by atoms with Gasteiger partial charge in [0.15, 0.2) is 11.6 Å². The van der Waals surface area contributed by atoms with Gasteiger partial charge >= 0.3 is 0 Å². The standard InChI is InChI=1S/C15H13F2N3/c1-9(10-5-6-12(16)13(17)7-10)19-14-4-2-3-11-8-18-20-15(11)14/h2-9,19H,1H3,(H,18,20). The van der Waals surface area contributed by atoms with Crippen molar-refractivity contribution in [1.29, 1.82) is 0 Å². The molecule has 0 aliphatic rings. The van der Waals surface area contributed by atoms with E-state index in [0.717, 1.165) is 22.7 Å². The highest BCUT2D eigenvalue weighted by Crippen LogP contribution is 2.25. The monoisotopic (exact) mass is 273 g/mol. The van der Waals surface area contributed by atoms with Crippen LogP contribution in [-0.2, 0) is 0 Å². The summed E-state index contributed by atoms with van der Waals surface area (Å²) in [6, 6.07) is 9.54. The zero-order chi connectivity index (χ0) is 14.1. The fraction of sp³-hybridized carbons (Fsp3) is 0.133. The van der Waals surface area contributed by atoms with Crippen molar-refractivity contribution in [3.63, 3.8) is 0 Å². The Bertz CT molecular complexity index is 752. The van der Waals surface area contributed by atoms with E-state index in [1.54, 1.807) is 12.3 Å². The number of fused-ring (bicyclic) bond motifs is 1. The number of hydrogen-bond donors (Lipinski definition) is 2. The van der Waals surface area contributed by atoms with Gasteiger partial charge < -0.3 is 5.32 Å². The zero-order valence-corrected chi connectivity index (χ0v) is 10.8. The first kappa shape index (κ1) is 12.6. The molecule has 2 N–H and O–H groups in total. The van der Waals surface area contributed by atoms with Gasteiger partial charge in [0.2, 0.25) is 0 Å². The van der Waals surface area contributed by atoms with E-state index in [4.69, 9.17) is 0 Å². The number of anilines is 1. The summed E-state index contributed by atoms with van der Waals surface area (Å²) in [5.74, 6) is -1.67. The van der Waals surface area contributed by atoms with Crippen molar-refractivity contribution in [2.24, 2.45) is 0 Å². The predicted molar refractivity (Wildman–Crippen MR) is 74.5 cm³/mol. The second kappa shape index (κ2) is 4.92. The molecule has 3 rings (SSSR count). The van der Waals surface area contributed by atoms with Crippen LogP contribution in [0.4, 0.5) is 14.5 Å². The van der Waals surface area contributed by atoms with Crippen molar-refractivity contribution in [3.8, 4) is 0 Å². The van der Waals surface area contributed by atoms with Gasteiger partial charge in [-0.05, 0) is 30.7 Å². The minimum absolute atomic E-state index is 0.154. The average molecular weight is 273 g/mol. The number of aromatic amines is 1. The molecule has 0 radical (unpaired) electrons. The lowest BCUT2D eigenvalue weighted by molar-refractivity contribution is 0.506. The maximum absolute atomic E-state index is 13.3. The lowest BCUT2D eigenvalue weighted by Crippen LogP contribution is -2.07. The first-order valence-electron chi connectivity index (χ1n) is 6.29. The van der Waals surface area contributed by atoms with Crippen molar-refractivity contribution in [2.45, 2.75) is 13.0 Å². The van der Waals surface area contributed by atoms with E-state index in [0.29, 0.717) is 5.56 Å². The highest BCUT2D eigenvalue weighted by atomic mass is 19.2. The van der Waals surface area contributed by atoms with E-state index < -0.39 is 11.6 Å². The van der Waals surface area contributed by atoms with Crippen LogP contribution in [0, 0.1) is 11.6 Å². The van der Waals surface area contributed by atoms with Crippen LogP contribution in [-0.4, -0.2) is 10.2 Å². The summed E-state index contributed by atoms with van der Waals surface area (Å²) >= 11 is 0. The van der Waals surface area contributed by atoms with Crippen LogP contribution < -0.4 is 5.32 Å². The molecule has 102 valence electrons. The first-order valence-corrected chi connectivity index (χ1v) is 6.29. The second-order valence-corrected chi connectivity index (χ2v) is 4.68. The number of H-pyrrole nitrogens is 1. The predicted octanol–water partition coefficient (Wildman–Crippen LogP) is 4.01. The summed E-state index contributed by atoms with van der Waals surface area (Å²) in [5, 5.41) is 11.2. The normalized spacial score (nSPS) is 12.6. The van der Waals surface area contributed by atoms with E-state index in [1.165, 1.54) is 6.07 Å². The molecule has 1 heterocycles. The van der Waals surface area contributed by atoms with Crippen molar-refractivity contribution in [1.82, 2.24) is 10.2 Å². The number of para-hydroxylation sites is 1. The SMILES string of the molecule is CC(Nc1cccc2cn[nH]c12)c1ccc(F)c(F)c1. The number of nitrogens with zero attached hydrogens (tertiary/aromatic N) is 1. The molecular formula is C15H13F2N3. The molecule has 0 fully saturated rings. The molecule has 0 saturated carbocycles. The molecule has 0 spiro atoms. The van der Waals surface area contributed by atoms with E-state index in [2.05, 4.69) is 15.5 Å². The summed E-state index contributed by atoms with van der Waals surface area (Å²) < 4.78 is 26.2.